The van der Waals surface area contributed by atoms with E-state index in [2.05, 4.69) is 41.0 Å². The molecule has 1 aliphatic heterocycles. The Morgan fingerprint density at radius 2 is 2.15 bits per heavy atom. The number of fused-ring (bicyclic) bond motifs is 1. The maximum Gasteiger partial charge on any atom is 0.139 e. The van der Waals surface area contributed by atoms with Gasteiger partial charge in [0.15, 0.2) is 0 Å². The standard InChI is InChI=1S/C21H24FN3O/c1-13(2)18-11-15(22)10-14(3)20(18)24-21-17-5-8-25(12-16-6-9-26-16)19(17)4-7-23-21/h4-5,7-8,10-11,13,16H,6,9,12H2,1-3H3,(H,23,24)/t16-/m0/s1. The minimum atomic E-state index is -0.199. The van der Waals surface area contributed by atoms with E-state index in [-0.39, 0.29) is 11.7 Å². The van der Waals surface area contributed by atoms with E-state index in [1.165, 1.54) is 0 Å². The van der Waals surface area contributed by atoms with Crippen LogP contribution in [0.25, 0.3) is 10.9 Å². The summed E-state index contributed by atoms with van der Waals surface area (Å²) in [7, 11) is 0. The number of anilines is 2. The summed E-state index contributed by atoms with van der Waals surface area (Å²) in [6.45, 7) is 7.79. The summed E-state index contributed by atoms with van der Waals surface area (Å²) < 4.78 is 21.6. The van der Waals surface area contributed by atoms with Crippen LogP contribution in [0.15, 0.2) is 36.7 Å². The second-order valence-corrected chi connectivity index (χ2v) is 7.31. The summed E-state index contributed by atoms with van der Waals surface area (Å²) in [5.41, 5.74) is 3.92. The molecule has 0 radical (unpaired) electrons. The molecular formula is C21H24FN3O. The minimum Gasteiger partial charge on any atom is -0.376 e. The number of nitrogens with one attached hydrogen (secondary N) is 1. The lowest BCUT2D eigenvalue weighted by atomic mass is 9.97. The second-order valence-electron chi connectivity index (χ2n) is 7.31. The first-order chi connectivity index (χ1) is 12.5. The first-order valence-corrected chi connectivity index (χ1v) is 9.15. The van der Waals surface area contributed by atoms with E-state index in [1.807, 2.05) is 19.2 Å². The molecule has 1 fully saturated rings. The lowest BCUT2D eigenvalue weighted by molar-refractivity contribution is -0.0586. The zero-order valence-electron chi connectivity index (χ0n) is 15.4. The quantitative estimate of drug-likeness (QED) is 0.690. The Hall–Kier alpha value is -2.40. The largest absolute Gasteiger partial charge is 0.376 e. The molecule has 4 rings (SSSR count). The van der Waals surface area contributed by atoms with Gasteiger partial charge in [-0.25, -0.2) is 9.37 Å². The predicted molar refractivity (Wildman–Crippen MR) is 103 cm³/mol. The number of halogens is 1. The smallest absolute Gasteiger partial charge is 0.139 e. The van der Waals surface area contributed by atoms with E-state index in [1.54, 1.807) is 12.1 Å². The first kappa shape index (κ1) is 17.0. The Labute approximate surface area is 153 Å². The van der Waals surface area contributed by atoms with Gasteiger partial charge in [0, 0.05) is 36.6 Å². The van der Waals surface area contributed by atoms with E-state index in [0.717, 1.165) is 53.1 Å². The summed E-state index contributed by atoms with van der Waals surface area (Å²) in [5.74, 6) is 0.813. The molecule has 5 heteroatoms. The fraction of sp³-hybridized carbons (Fsp3) is 0.381. The van der Waals surface area contributed by atoms with Crippen LogP contribution in [0.4, 0.5) is 15.9 Å². The lowest BCUT2D eigenvalue weighted by Crippen LogP contribution is -2.30. The van der Waals surface area contributed by atoms with Crippen molar-refractivity contribution in [3.8, 4) is 0 Å². The van der Waals surface area contributed by atoms with Crippen molar-refractivity contribution in [3.05, 3.63) is 53.6 Å². The zero-order chi connectivity index (χ0) is 18.3. The molecule has 0 aliphatic carbocycles. The van der Waals surface area contributed by atoms with E-state index in [4.69, 9.17) is 4.74 Å². The summed E-state index contributed by atoms with van der Waals surface area (Å²) in [4.78, 5) is 4.54. The van der Waals surface area contributed by atoms with Gasteiger partial charge in [0.2, 0.25) is 0 Å². The number of benzene rings is 1. The zero-order valence-corrected chi connectivity index (χ0v) is 15.4. The van der Waals surface area contributed by atoms with Crippen molar-refractivity contribution < 1.29 is 9.13 Å². The molecule has 2 aromatic heterocycles. The molecule has 26 heavy (non-hydrogen) atoms. The van der Waals surface area contributed by atoms with Crippen molar-refractivity contribution in [2.24, 2.45) is 0 Å². The molecule has 1 aliphatic rings. The maximum absolute atomic E-state index is 13.9. The van der Waals surface area contributed by atoms with Gasteiger partial charge < -0.3 is 14.6 Å². The number of aryl methyl sites for hydroxylation is 1. The van der Waals surface area contributed by atoms with Gasteiger partial charge >= 0.3 is 0 Å². The van der Waals surface area contributed by atoms with Crippen LogP contribution in [0.5, 0.6) is 0 Å². The van der Waals surface area contributed by atoms with Gasteiger partial charge in [-0.1, -0.05) is 13.8 Å². The molecule has 0 unspecified atom stereocenters. The van der Waals surface area contributed by atoms with Crippen molar-refractivity contribution in [1.82, 2.24) is 9.55 Å². The van der Waals surface area contributed by atoms with Crippen molar-refractivity contribution >= 4 is 22.4 Å². The highest BCUT2D eigenvalue weighted by atomic mass is 19.1. The molecule has 0 spiro atoms. The van der Waals surface area contributed by atoms with Crippen LogP contribution in [0.3, 0.4) is 0 Å². The van der Waals surface area contributed by atoms with Gasteiger partial charge in [-0.2, -0.15) is 0 Å². The summed E-state index contributed by atoms with van der Waals surface area (Å²) in [6, 6.07) is 7.28. The Morgan fingerprint density at radius 1 is 1.35 bits per heavy atom. The van der Waals surface area contributed by atoms with Crippen molar-refractivity contribution in [3.63, 3.8) is 0 Å². The third-order valence-electron chi connectivity index (χ3n) is 5.09. The molecule has 1 saturated heterocycles. The topological polar surface area (TPSA) is 39.1 Å². The average Bonchev–Trinajstić information content (AvgIpc) is 2.97. The first-order valence-electron chi connectivity index (χ1n) is 9.15. The molecule has 0 amide bonds. The SMILES string of the molecule is Cc1cc(F)cc(C(C)C)c1Nc1nccc2c1ccn2C[C@@H]1CCO1. The Bertz CT molecular complexity index is 944. The second kappa shape index (κ2) is 6.72. The number of hydrogen-bond donors (Lipinski definition) is 1. The molecule has 0 bridgehead atoms. The van der Waals surface area contributed by atoms with E-state index < -0.39 is 0 Å². The molecule has 1 atom stereocenters. The molecular weight excluding hydrogens is 329 g/mol. The molecule has 4 nitrogen and oxygen atoms in total. The number of pyridine rings is 1. The highest BCUT2D eigenvalue weighted by Crippen LogP contribution is 2.33. The van der Waals surface area contributed by atoms with E-state index in [0.29, 0.717) is 6.10 Å². The Balaban J connectivity index is 1.72. The lowest BCUT2D eigenvalue weighted by Gasteiger charge is -2.27. The number of ether oxygens (including phenoxy) is 1. The van der Waals surface area contributed by atoms with Gasteiger partial charge in [-0.15, -0.1) is 0 Å². The Morgan fingerprint density at radius 3 is 2.85 bits per heavy atom. The molecule has 1 aromatic carbocycles. The maximum atomic E-state index is 13.9. The third kappa shape index (κ3) is 3.07. The van der Waals surface area contributed by atoms with Gasteiger partial charge in [0.1, 0.15) is 11.6 Å². The molecule has 3 heterocycles. The van der Waals surface area contributed by atoms with Gasteiger partial charge in [0.05, 0.1) is 11.6 Å². The van der Waals surface area contributed by atoms with Crippen LogP contribution in [-0.2, 0) is 11.3 Å². The highest BCUT2D eigenvalue weighted by Gasteiger charge is 2.20. The summed E-state index contributed by atoms with van der Waals surface area (Å²) in [5, 5.41) is 4.53. The fourth-order valence-electron chi connectivity index (χ4n) is 3.54. The average molecular weight is 353 g/mol. The number of nitrogens with zero attached hydrogens (tertiary/aromatic N) is 2. The van der Waals surface area contributed by atoms with Crippen molar-refractivity contribution in [1.29, 1.82) is 0 Å². The van der Waals surface area contributed by atoms with Crippen molar-refractivity contribution in [2.75, 3.05) is 11.9 Å². The highest BCUT2D eigenvalue weighted by molar-refractivity contribution is 5.92. The minimum absolute atomic E-state index is 0.199. The van der Waals surface area contributed by atoms with Crippen LogP contribution in [0, 0.1) is 12.7 Å². The van der Waals surface area contributed by atoms with Gasteiger partial charge in [-0.3, -0.25) is 0 Å². The van der Waals surface area contributed by atoms with Crippen LogP contribution in [-0.4, -0.2) is 22.3 Å². The number of hydrogen-bond acceptors (Lipinski definition) is 3. The van der Waals surface area contributed by atoms with E-state index in [9.17, 15) is 4.39 Å². The third-order valence-corrected chi connectivity index (χ3v) is 5.09. The number of rotatable bonds is 5. The number of aromatic nitrogens is 2. The fourth-order valence-corrected chi connectivity index (χ4v) is 3.54. The van der Waals surface area contributed by atoms with Crippen LogP contribution in [0.2, 0.25) is 0 Å². The van der Waals surface area contributed by atoms with Crippen LogP contribution >= 0.6 is 0 Å². The van der Waals surface area contributed by atoms with E-state index >= 15 is 0 Å². The molecule has 0 saturated carbocycles. The van der Waals surface area contributed by atoms with Crippen LogP contribution < -0.4 is 5.32 Å². The monoisotopic (exact) mass is 353 g/mol. The van der Waals surface area contributed by atoms with Gasteiger partial charge in [0.25, 0.3) is 0 Å². The van der Waals surface area contributed by atoms with Crippen molar-refractivity contribution in [2.45, 2.75) is 45.8 Å². The van der Waals surface area contributed by atoms with Crippen LogP contribution in [0.1, 0.15) is 37.3 Å². The Kier molecular flexibility index (Phi) is 4.41. The predicted octanol–water partition coefficient (Wildman–Crippen LogP) is 5.14. The van der Waals surface area contributed by atoms with Gasteiger partial charge in [-0.05, 0) is 54.7 Å². The summed E-state index contributed by atoms with van der Waals surface area (Å²) >= 11 is 0. The summed E-state index contributed by atoms with van der Waals surface area (Å²) in [6.07, 6.45) is 5.32. The normalized spacial score (nSPS) is 16.9. The molecule has 3 aromatic rings. The molecule has 136 valence electrons. The molecule has 1 N–H and O–H groups in total.